The molecule has 2 aromatic rings. The highest BCUT2D eigenvalue weighted by atomic mass is 14.9. The molecule has 0 unspecified atom stereocenters. The lowest BCUT2D eigenvalue weighted by Crippen LogP contribution is -2.11. The highest BCUT2D eigenvalue weighted by molar-refractivity contribution is 5.91. The van der Waals surface area contributed by atoms with Crippen molar-refractivity contribution in [1.82, 2.24) is 10.3 Å². The lowest BCUT2D eigenvalue weighted by Gasteiger charge is -2.13. The van der Waals surface area contributed by atoms with Gasteiger partial charge in [-0.1, -0.05) is 32.0 Å². The van der Waals surface area contributed by atoms with E-state index in [-0.39, 0.29) is 0 Å². The first-order valence-electron chi connectivity index (χ1n) is 6.48. The number of nitrogens with one attached hydrogen (secondary N) is 2. The van der Waals surface area contributed by atoms with E-state index in [0.717, 1.165) is 24.3 Å². The number of benzene rings is 1. The van der Waals surface area contributed by atoms with Crippen LogP contribution in [0.1, 0.15) is 19.5 Å². The molecular formula is C15H21N3. The molecule has 0 aliphatic carbocycles. The van der Waals surface area contributed by atoms with E-state index in [2.05, 4.69) is 53.7 Å². The maximum Gasteiger partial charge on any atom is 0.0726 e. The van der Waals surface area contributed by atoms with Gasteiger partial charge in [0.2, 0.25) is 0 Å². The molecule has 0 atom stereocenters. The Balaban J connectivity index is 2.40. The van der Waals surface area contributed by atoms with Gasteiger partial charge in [-0.05, 0) is 25.1 Å². The summed E-state index contributed by atoms with van der Waals surface area (Å²) in [4.78, 5) is 4.65. The number of nitrogens with zero attached hydrogens (tertiary/aromatic N) is 1. The lowest BCUT2D eigenvalue weighted by atomic mass is 10.1. The number of anilines is 1. The second-order valence-corrected chi connectivity index (χ2v) is 4.98. The predicted molar refractivity (Wildman–Crippen MR) is 77.8 cm³/mol. The molecule has 0 fully saturated rings. The monoisotopic (exact) mass is 243 g/mol. The zero-order chi connectivity index (χ0) is 13.0. The Morgan fingerprint density at radius 3 is 2.72 bits per heavy atom. The summed E-state index contributed by atoms with van der Waals surface area (Å²) in [6.45, 7) is 6.20. The molecule has 96 valence electrons. The van der Waals surface area contributed by atoms with E-state index in [4.69, 9.17) is 0 Å². The molecule has 1 aromatic heterocycles. The van der Waals surface area contributed by atoms with Crippen molar-refractivity contribution in [1.29, 1.82) is 0 Å². The smallest absolute Gasteiger partial charge is 0.0726 e. The van der Waals surface area contributed by atoms with Crippen molar-refractivity contribution < 1.29 is 0 Å². The number of hydrogen-bond donors (Lipinski definition) is 2. The fraction of sp³-hybridized carbons (Fsp3) is 0.400. The van der Waals surface area contributed by atoms with E-state index in [1.54, 1.807) is 0 Å². The zero-order valence-corrected chi connectivity index (χ0v) is 11.3. The molecule has 0 saturated heterocycles. The van der Waals surface area contributed by atoms with Gasteiger partial charge < -0.3 is 10.6 Å². The van der Waals surface area contributed by atoms with Gasteiger partial charge in [0.15, 0.2) is 0 Å². The molecule has 0 spiro atoms. The van der Waals surface area contributed by atoms with E-state index in [1.165, 1.54) is 11.1 Å². The first-order valence-corrected chi connectivity index (χ1v) is 6.48. The SMILES string of the molecule is CNCc1cc(NCC(C)C)c2ccccc2n1. The quantitative estimate of drug-likeness (QED) is 0.847. The summed E-state index contributed by atoms with van der Waals surface area (Å²) >= 11 is 0. The minimum atomic E-state index is 0.629. The van der Waals surface area contributed by atoms with Crippen molar-refractivity contribution >= 4 is 16.6 Å². The van der Waals surface area contributed by atoms with Gasteiger partial charge in [-0.2, -0.15) is 0 Å². The Morgan fingerprint density at radius 2 is 2.00 bits per heavy atom. The van der Waals surface area contributed by atoms with Crippen molar-refractivity contribution in [2.24, 2.45) is 5.92 Å². The maximum atomic E-state index is 4.65. The van der Waals surface area contributed by atoms with Crippen LogP contribution in [0.25, 0.3) is 10.9 Å². The molecule has 3 nitrogen and oxygen atoms in total. The molecule has 2 rings (SSSR count). The molecule has 0 amide bonds. The molecule has 1 heterocycles. The van der Waals surface area contributed by atoms with Crippen molar-refractivity contribution in [2.75, 3.05) is 18.9 Å². The van der Waals surface area contributed by atoms with Gasteiger partial charge in [-0.25, -0.2) is 0 Å². The molecule has 0 aliphatic heterocycles. The van der Waals surface area contributed by atoms with Crippen LogP contribution in [0.4, 0.5) is 5.69 Å². The normalized spacial score (nSPS) is 11.1. The summed E-state index contributed by atoms with van der Waals surface area (Å²) < 4.78 is 0. The third-order valence-corrected chi connectivity index (χ3v) is 2.83. The van der Waals surface area contributed by atoms with Crippen molar-refractivity contribution in [2.45, 2.75) is 20.4 Å². The molecule has 0 radical (unpaired) electrons. The second kappa shape index (κ2) is 5.83. The summed E-state index contributed by atoms with van der Waals surface area (Å²) in [7, 11) is 1.94. The van der Waals surface area contributed by atoms with Crippen LogP contribution in [0, 0.1) is 5.92 Å². The van der Waals surface area contributed by atoms with Gasteiger partial charge in [0, 0.05) is 24.2 Å². The van der Waals surface area contributed by atoms with Crippen LogP contribution in [-0.2, 0) is 6.54 Å². The summed E-state index contributed by atoms with van der Waals surface area (Å²) in [6, 6.07) is 10.4. The number of aromatic nitrogens is 1. The number of hydrogen-bond acceptors (Lipinski definition) is 3. The maximum absolute atomic E-state index is 4.65. The molecule has 0 bridgehead atoms. The van der Waals surface area contributed by atoms with Gasteiger partial charge >= 0.3 is 0 Å². The van der Waals surface area contributed by atoms with Crippen LogP contribution in [0.3, 0.4) is 0 Å². The van der Waals surface area contributed by atoms with Crippen molar-refractivity contribution in [3.63, 3.8) is 0 Å². The minimum absolute atomic E-state index is 0.629. The average Bonchev–Trinajstić information content (AvgIpc) is 2.36. The standard InChI is InChI=1S/C15H21N3/c1-11(2)9-17-15-8-12(10-16-3)18-14-7-5-4-6-13(14)15/h4-8,11,16H,9-10H2,1-3H3,(H,17,18). The van der Waals surface area contributed by atoms with Crippen LogP contribution in [0.5, 0.6) is 0 Å². The van der Waals surface area contributed by atoms with E-state index in [9.17, 15) is 0 Å². The molecule has 18 heavy (non-hydrogen) atoms. The van der Waals surface area contributed by atoms with E-state index in [0.29, 0.717) is 5.92 Å². The third kappa shape index (κ3) is 2.99. The molecule has 0 saturated carbocycles. The van der Waals surface area contributed by atoms with E-state index in [1.807, 2.05) is 13.1 Å². The van der Waals surface area contributed by atoms with Gasteiger partial charge in [-0.3, -0.25) is 4.98 Å². The molecular weight excluding hydrogens is 222 g/mol. The zero-order valence-electron chi connectivity index (χ0n) is 11.3. The van der Waals surface area contributed by atoms with Crippen LogP contribution in [0.15, 0.2) is 30.3 Å². The largest absolute Gasteiger partial charge is 0.384 e. The number of rotatable bonds is 5. The fourth-order valence-electron chi connectivity index (χ4n) is 1.96. The van der Waals surface area contributed by atoms with Crippen molar-refractivity contribution in [3.8, 4) is 0 Å². The van der Waals surface area contributed by atoms with Gasteiger partial charge in [0.1, 0.15) is 0 Å². The molecule has 3 heteroatoms. The first kappa shape index (κ1) is 12.8. The first-order chi connectivity index (χ1) is 8.70. The summed E-state index contributed by atoms with van der Waals surface area (Å²) in [5.74, 6) is 0.629. The van der Waals surface area contributed by atoms with E-state index < -0.39 is 0 Å². The highest BCUT2D eigenvalue weighted by Gasteiger charge is 2.05. The van der Waals surface area contributed by atoms with Gasteiger partial charge in [0.05, 0.1) is 11.2 Å². The topological polar surface area (TPSA) is 37.0 Å². The molecule has 2 N–H and O–H groups in total. The van der Waals surface area contributed by atoms with Crippen LogP contribution >= 0.6 is 0 Å². The van der Waals surface area contributed by atoms with Crippen LogP contribution in [-0.4, -0.2) is 18.6 Å². The molecule has 1 aromatic carbocycles. The summed E-state index contributed by atoms with van der Waals surface area (Å²) in [5, 5.41) is 7.86. The highest BCUT2D eigenvalue weighted by Crippen LogP contribution is 2.23. The predicted octanol–water partition coefficient (Wildman–Crippen LogP) is 3.02. The Kier molecular flexibility index (Phi) is 4.15. The van der Waals surface area contributed by atoms with E-state index >= 15 is 0 Å². The van der Waals surface area contributed by atoms with Crippen LogP contribution < -0.4 is 10.6 Å². The Morgan fingerprint density at radius 1 is 1.22 bits per heavy atom. The number of para-hydroxylation sites is 1. The Labute approximate surface area is 109 Å². The minimum Gasteiger partial charge on any atom is -0.384 e. The van der Waals surface area contributed by atoms with Gasteiger partial charge in [-0.15, -0.1) is 0 Å². The summed E-state index contributed by atoms with van der Waals surface area (Å²) in [5.41, 5.74) is 3.30. The fourth-order valence-corrected chi connectivity index (χ4v) is 1.96. The number of fused-ring (bicyclic) bond motifs is 1. The summed E-state index contributed by atoms with van der Waals surface area (Å²) in [6.07, 6.45) is 0. The average molecular weight is 243 g/mol. The van der Waals surface area contributed by atoms with Gasteiger partial charge in [0.25, 0.3) is 0 Å². The third-order valence-electron chi connectivity index (χ3n) is 2.83. The molecule has 0 aliphatic rings. The lowest BCUT2D eigenvalue weighted by molar-refractivity contribution is 0.689. The van der Waals surface area contributed by atoms with Crippen LogP contribution in [0.2, 0.25) is 0 Å². The number of pyridine rings is 1. The van der Waals surface area contributed by atoms with Crippen molar-refractivity contribution in [3.05, 3.63) is 36.0 Å². The Hall–Kier alpha value is -1.61. The Bertz CT molecular complexity index is 520. The second-order valence-electron chi connectivity index (χ2n) is 4.98.